The molecule has 1 aliphatic rings. The van der Waals surface area contributed by atoms with Gasteiger partial charge in [0.2, 0.25) is 5.90 Å². The van der Waals surface area contributed by atoms with Gasteiger partial charge in [0.25, 0.3) is 0 Å². The van der Waals surface area contributed by atoms with Crippen LogP contribution in [0.2, 0.25) is 0 Å². The van der Waals surface area contributed by atoms with Crippen LogP contribution in [0.25, 0.3) is 12.2 Å². The number of nitrogens with two attached hydrogens (primary N) is 1. The Morgan fingerprint density at radius 3 is 2.54 bits per heavy atom. The van der Waals surface area contributed by atoms with Crippen LogP contribution in [0.4, 0.5) is 5.69 Å². The predicted octanol–water partition coefficient (Wildman–Crippen LogP) is 4.01. The van der Waals surface area contributed by atoms with Crippen molar-refractivity contribution in [2.75, 3.05) is 26.6 Å². The maximum Gasteiger partial charge on any atom is 0.217 e. The van der Waals surface area contributed by atoms with Crippen LogP contribution in [0.1, 0.15) is 30.5 Å². The van der Waals surface area contributed by atoms with E-state index in [4.69, 9.17) is 24.9 Å². The number of benzene rings is 2. The fourth-order valence-corrected chi connectivity index (χ4v) is 2.87. The zero-order valence-electron chi connectivity index (χ0n) is 15.6. The normalized spacial score (nSPS) is 15.6. The van der Waals surface area contributed by atoms with Crippen molar-refractivity contribution >= 4 is 23.7 Å². The van der Waals surface area contributed by atoms with Crippen LogP contribution in [0.3, 0.4) is 0 Å². The van der Waals surface area contributed by atoms with E-state index in [-0.39, 0.29) is 5.54 Å². The minimum absolute atomic E-state index is 0.239. The van der Waals surface area contributed by atoms with E-state index in [1.165, 1.54) is 0 Å². The Bertz CT molecular complexity index is 870. The molecule has 0 unspecified atom stereocenters. The molecule has 3 rings (SSSR count). The van der Waals surface area contributed by atoms with E-state index in [1.807, 2.05) is 62.4 Å². The summed E-state index contributed by atoms with van der Waals surface area (Å²) in [5.74, 6) is 1.91. The topological polar surface area (TPSA) is 66.1 Å². The van der Waals surface area contributed by atoms with Gasteiger partial charge >= 0.3 is 0 Å². The van der Waals surface area contributed by atoms with Gasteiger partial charge in [-0.2, -0.15) is 0 Å². The van der Waals surface area contributed by atoms with Gasteiger partial charge in [0.05, 0.1) is 19.8 Å². The van der Waals surface area contributed by atoms with Gasteiger partial charge in [-0.25, -0.2) is 4.99 Å². The molecule has 0 radical (unpaired) electrons. The number of hydrogen-bond acceptors (Lipinski definition) is 5. The van der Waals surface area contributed by atoms with Gasteiger partial charge in [-0.3, -0.25) is 0 Å². The minimum atomic E-state index is -0.239. The highest BCUT2D eigenvalue weighted by Crippen LogP contribution is 2.36. The first-order valence-electron chi connectivity index (χ1n) is 8.45. The average molecular weight is 352 g/mol. The fraction of sp³-hybridized carbons (Fsp3) is 0.286. The molecule has 2 aromatic rings. The molecule has 2 aromatic carbocycles. The highest BCUT2D eigenvalue weighted by molar-refractivity contribution is 6.01. The third-order valence-electron chi connectivity index (χ3n) is 4.13. The van der Waals surface area contributed by atoms with Crippen molar-refractivity contribution in [2.24, 2.45) is 4.99 Å². The molecule has 0 saturated heterocycles. The van der Waals surface area contributed by atoms with Crippen LogP contribution in [0.15, 0.2) is 41.4 Å². The van der Waals surface area contributed by atoms with Gasteiger partial charge in [0, 0.05) is 16.8 Å². The molecule has 26 heavy (non-hydrogen) atoms. The second kappa shape index (κ2) is 7.12. The highest BCUT2D eigenvalue weighted by Gasteiger charge is 2.29. The Hall–Kier alpha value is -2.95. The standard InChI is InChI=1S/C21H24N2O3/c1-21(2)13-26-20(23-21)17-10-11-18(24-3)19(25-4)16(17)9-8-14-6-5-7-15(22)12-14/h5-12H,13,22H2,1-4H3/b9-8+. The molecule has 0 spiro atoms. The molecule has 0 atom stereocenters. The Balaban J connectivity index is 2.11. The highest BCUT2D eigenvalue weighted by atomic mass is 16.5. The summed E-state index contributed by atoms with van der Waals surface area (Å²) in [5.41, 5.74) is 9.07. The number of anilines is 1. The summed E-state index contributed by atoms with van der Waals surface area (Å²) >= 11 is 0. The lowest BCUT2D eigenvalue weighted by Crippen LogP contribution is -2.17. The van der Waals surface area contributed by atoms with Crippen LogP contribution in [0, 0.1) is 0 Å². The molecular formula is C21H24N2O3. The molecule has 136 valence electrons. The van der Waals surface area contributed by atoms with Crippen LogP contribution < -0.4 is 15.2 Å². The van der Waals surface area contributed by atoms with Crippen molar-refractivity contribution in [2.45, 2.75) is 19.4 Å². The first-order valence-corrected chi connectivity index (χ1v) is 8.45. The molecule has 0 fully saturated rings. The summed E-state index contributed by atoms with van der Waals surface area (Å²) in [7, 11) is 3.25. The first-order chi connectivity index (χ1) is 12.4. The van der Waals surface area contributed by atoms with E-state index in [1.54, 1.807) is 14.2 Å². The van der Waals surface area contributed by atoms with Gasteiger partial charge in [-0.1, -0.05) is 18.2 Å². The molecule has 0 aliphatic carbocycles. The average Bonchev–Trinajstić information content (AvgIpc) is 2.98. The number of nitrogen functional groups attached to an aromatic ring is 1. The Labute approximate surface area is 154 Å². The Morgan fingerprint density at radius 1 is 1.12 bits per heavy atom. The van der Waals surface area contributed by atoms with E-state index in [9.17, 15) is 0 Å². The molecule has 5 nitrogen and oxygen atoms in total. The summed E-state index contributed by atoms with van der Waals surface area (Å²) in [6.07, 6.45) is 3.96. The van der Waals surface area contributed by atoms with E-state index in [2.05, 4.69) is 0 Å². The number of hydrogen-bond donors (Lipinski definition) is 1. The summed E-state index contributed by atoms with van der Waals surface area (Å²) in [6, 6.07) is 11.5. The first kappa shape index (κ1) is 17.9. The SMILES string of the molecule is COc1ccc(C2=NC(C)(C)CO2)c(/C=C/c2cccc(N)c2)c1OC. The van der Waals surface area contributed by atoms with Gasteiger partial charge in [0.15, 0.2) is 11.5 Å². The maximum absolute atomic E-state index is 5.87. The number of ether oxygens (including phenoxy) is 3. The fourth-order valence-electron chi connectivity index (χ4n) is 2.87. The second-order valence-corrected chi connectivity index (χ2v) is 6.78. The molecule has 0 amide bonds. The van der Waals surface area contributed by atoms with Crippen LogP contribution in [-0.4, -0.2) is 32.3 Å². The quantitative estimate of drug-likeness (QED) is 0.652. The molecule has 1 aliphatic heterocycles. The van der Waals surface area contributed by atoms with Gasteiger partial charge in [-0.15, -0.1) is 0 Å². The van der Waals surface area contributed by atoms with Crippen molar-refractivity contribution in [3.63, 3.8) is 0 Å². The summed E-state index contributed by atoms with van der Waals surface area (Å²) in [5, 5.41) is 0. The third-order valence-corrected chi connectivity index (χ3v) is 4.13. The predicted molar refractivity (Wildman–Crippen MR) is 106 cm³/mol. The number of methoxy groups -OCH3 is 2. The third kappa shape index (κ3) is 3.67. The number of rotatable bonds is 5. The molecule has 1 heterocycles. The van der Waals surface area contributed by atoms with E-state index in [0.717, 1.165) is 22.4 Å². The lowest BCUT2D eigenvalue weighted by molar-refractivity contribution is 0.279. The van der Waals surface area contributed by atoms with E-state index in [0.29, 0.717) is 24.0 Å². The molecule has 2 N–H and O–H groups in total. The minimum Gasteiger partial charge on any atom is -0.493 e. The molecule has 5 heteroatoms. The monoisotopic (exact) mass is 352 g/mol. The molecule has 0 aromatic heterocycles. The maximum atomic E-state index is 5.87. The summed E-state index contributed by atoms with van der Waals surface area (Å²) < 4.78 is 16.9. The van der Waals surface area contributed by atoms with Gasteiger partial charge < -0.3 is 19.9 Å². The zero-order valence-corrected chi connectivity index (χ0v) is 15.6. The smallest absolute Gasteiger partial charge is 0.217 e. The molecular weight excluding hydrogens is 328 g/mol. The molecule has 0 bridgehead atoms. The van der Waals surface area contributed by atoms with Crippen molar-refractivity contribution < 1.29 is 14.2 Å². The van der Waals surface area contributed by atoms with Crippen LogP contribution >= 0.6 is 0 Å². The van der Waals surface area contributed by atoms with Crippen molar-refractivity contribution in [1.29, 1.82) is 0 Å². The lowest BCUT2D eigenvalue weighted by Gasteiger charge is -2.14. The Kier molecular flexibility index (Phi) is 4.89. The van der Waals surface area contributed by atoms with Gasteiger partial charge in [0.1, 0.15) is 6.61 Å². The second-order valence-electron chi connectivity index (χ2n) is 6.78. The zero-order chi connectivity index (χ0) is 18.7. The summed E-state index contributed by atoms with van der Waals surface area (Å²) in [6.45, 7) is 4.64. The van der Waals surface area contributed by atoms with Crippen molar-refractivity contribution in [3.05, 3.63) is 53.1 Å². The number of nitrogens with zero attached hydrogens (tertiary/aromatic N) is 1. The van der Waals surface area contributed by atoms with Crippen LogP contribution in [-0.2, 0) is 4.74 Å². The number of aliphatic imine (C=N–C) groups is 1. The van der Waals surface area contributed by atoms with Gasteiger partial charge in [-0.05, 0) is 49.8 Å². The van der Waals surface area contributed by atoms with Crippen molar-refractivity contribution in [3.8, 4) is 11.5 Å². The largest absolute Gasteiger partial charge is 0.493 e. The van der Waals surface area contributed by atoms with E-state index >= 15 is 0 Å². The van der Waals surface area contributed by atoms with Crippen molar-refractivity contribution in [1.82, 2.24) is 0 Å². The summed E-state index contributed by atoms with van der Waals surface area (Å²) in [4.78, 5) is 4.70. The van der Waals surface area contributed by atoms with E-state index < -0.39 is 0 Å². The lowest BCUT2D eigenvalue weighted by atomic mass is 10.0. The van der Waals surface area contributed by atoms with Crippen LogP contribution in [0.5, 0.6) is 11.5 Å². The Morgan fingerprint density at radius 2 is 1.92 bits per heavy atom. The molecule has 0 saturated carbocycles.